The maximum Gasteiger partial charge on any atom is 0.320 e. The van der Waals surface area contributed by atoms with Crippen LogP contribution in [0.4, 0.5) is 0 Å². The van der Waals surface area contributed by atoms with Crippen LogP contribution in [0, 0.1) is 0 Å². The third kappa shape index (κ3) is 6.30. The molecule has 1 fully saturated rings. The van der Waals surface area contributed by atoms with Crippen LogP contribution in [0.1, 0.15) is 24.6 Å². The van der Waals surface area contributed by atoms with Crippen molar-refractivity contribution >= 4 is 41.5 Å². The number of halogens is 1. The van der Waals surface area contributed by atoms with E-state index in [2.05, 4.69) is 5.32 Å². The number of carboxylic acids is 1. The predicted octanol–water partition coefficient (Wildman–Crippen LogP) is 1.18. The molecular weight excluding hydrogens is 366 g/mol. The summed E-state index contributed by atoms with van der Waals surface area (Å²) in [6.45, 7) is 3.32. The fourth-order valence-electron chi connectivity index (χ4n) is 2.77. The van der Waals surface area contributed by atoms with E-state index in [1.165, 1.54) is 4.90 Å². The van der Waals surface area contributed by atoms with E-state index in [0.29, 0.717) is 26.1 Å². The highest BCUT2D eigenvalue weighted by Crippen LogP contribution is 2.17. The third-order valence-corrected chi connectivity index (χ3v) is 4.97. The van der Waals surface area contributed by atoms with E-state index in [0.717, 1.165) is 11.3 Å². The number of carbonyl (C=O) groups excluding carboxylic acids is 2. The molecular formula is C16H24ClN3O4S. The number of amides is 2. The van der Waals surface area contributed by atoms with Gasteiger partial charge < -0.3 is 15.3 Å². The summed E-state index contributed by atoms with van der Waals surface area (Å²) in [5, 5.41) is 13.9. The highest BCUT2D eigenvalue weighted by molar-refractivity contribution is 7.09. The fraction of sp³-hybridized carbons (Fsp3) is 0.562. The molecule has 1 saturated heterocycles. The van der Waals surface area contributed by atoms with Crippen molar-refractivity contribution in [1.29, 1.82) is 0 Å². The van der Waals surface area contributed by atoms with E-state index in [1.54, 1.807) is 16.2 Å². The number of nitrogens with zero attached hydrogens (tertiary/aromatic N) is 2. The minimum Gasteiger partial charge on any atom is -0.480 e. The Hall–Kier alpha value is -1.64. The summed E-state index contributed by atoms with van der Waals surface area (Å²) in [7, 11) is 0. The molecule has 2 heterocycles. The van der Waals surface area contributed by atoms with E-state index in [-0.39, 0.29) is 37.3 Å². The third-order valence-electron chi connectivity index (χ3n) is 4.10. The molecule has 2 N–H and O–H groups in total. The number of carboxylic acid groups (broad SMARTS) is 1. The van der Waals surface area contributed by atoms with Gasteiger partial charge >= 0.3 is 5.97 Å². The molecule has 140 valence electrons. The Morgan fingerprint density at radius 1 is 1.44 bits per heavy atom. The van der Waals surface area contributed by atoms with E-state index >= 15 is 0 Å². The normalized spacial score (nSPS) is 16.9. The van der Waals surface area contributed by atoms with Gasteiger partial charge in [0.05, 0.1) is 19.6 Å². The predicted molar refractivity (Wildman–Crippen MR) is 97.9 cm³/mol. The smallest absolute Gasteiger partial charge is 0.320 e. The van der Waals surface area contributed by atoms with Gasteiger partial charge in [-0.05, 0) is 37.8 Å². The standard InChI is InChI=1S/C16H23N3O4S.ClH/c1-2-18(10-14(20)17-9-12-5-4-8-24-12)15(21)11-19-7-3-6-13(19)16(22)23;/h4-5,8,13H,2-3,6-7,9-11H2,1H3,(H,17,20)(H,22,23);1H/t13-;/m0./s1. The van der Waals surface area contributed by atoms with Gasteiger partial charge in [-0.1, -0.05) is 6.07 Å². The maximum absolute atomic E-state index is 12.4. The van der Waals surface area contributed by atoms with Crippen molar-refractivity contribution in [1.82, 2.24) is 15.1 Å². The van der Waals surface area contributed by atoms with Crippen molar-refractivity contribution < 1.29 is 19.5 Å². The summed E-state index contributed by atoms with van der Waals surface area (Å²) in [4.78, 5) is 39.8. The number of likely N-dealkylation sites (N-methyl/N-ethyl adjacent to an activating group) is 1. The monoisotopic (exact) mass is 389 g/mol. The quantitative estimate of drug-likeness (QED) is 0.696. The Balaban J connectivity index is 0.00000312. The number of aliphatic carboxylic acids is 1. The molecule has 2 amide bonds. The van der Waals surface area contributed by atoms with Gasteiger partial charge in [-0.25, -0.2) is 0 Å². The number of rotatable bonds is 8. The van der Waals surface area contributed by atoms with Crippen molar-refractivity contribution in [3.05, 3.63) is 22.4 Å². The van der Waals surface area contributed by atoms with Crippen LogP contribution in [-0.4, -0.2) is 64.9 Å². The molecule has 0 bridgehead atoms. The number of carbonyl (C=O) groups is 3. The van der Waals surface area contributed by atoms with Crippen LogP contribution in [0.15, 0.2) is 17.5 Å². The average molecular weight is 390 g/mol. The van der Waals surface area contributed by atoms with Crippen molar-refractivity contribution in [2.24, 2.45) is 0 Å². The van der Waals surface area contributed by atoms with Gasteiger partial charge in [0.15, 0.2) is 0 Å². The molecule has 1 atom stereocenters. The lowest BCUT2D eigenvalue weighted by atomic mass is 10.2. The molecule has 0 unspecified atom stereocenters. The minimum atomic E-state index is -0.892. The van der Waals surface area contributed by atoms with Crippen molar-refractivity contribution in [3.63, 3.8) is 0 Å². The van der Waals surface area contributed by atoms with E-state index in [9.17, 15) is 14.4 Å². The molecule has 9 heteroatoms. The van der Waals surface area contributed by atoms with E-state index in [1.807, 2.05) is 24.4 Å². The Morgan fingerprint density at radius 3 is 2.80 bits per heavy atom. The lowest BCUT2D eigenvalue weighted by Crippen LogP contribution is -2.47. The lowest BCUT2D eigenvalue weighted by molar-refractivity contribution is -0.144. The molecule has 0 spiro atoms. The topological polar surface area (TPSA) is 90.0 Å². The van der Waals surface area contributed by atoms with Crippen molar-refractivity contribution in [3.8, 4) is 0 Å². The number of hydrogen-bond donors (Lipinski definition) is 2. The Bertz CT molecular complexity index is 582. The summed E-state index contributed by atoms with van der Waals surface area (Å²) in [6, 6.07) is 3.26. The lowest BCUT2D eigenvalue weighted by Gasteiger charge is -2.25. The number of likely N-dealkylation sites (tertiary alicyclic amines) is 1. The van der Waals surface area contributed by atoms with Crippen LogP contribution in [0.3, 0.4) is 0 Å². The SMILES string of the molecule is CCN(CC(=O)NCc1cccs1)C(=O)CN1CCC[C@H]1C(=O)O.Cl. The summed E-state index contributed by atoms with van der Waals surface area (Å²) in [5.41, 5.74) is 0. The summed E-state index contributed by atoms with van der Waals surface area (Å²) < 4.78 is 0. The molecule has 0 saturated carbocycles. The van der Waals surface area contributed by atoms with Gasteiger partial charge in [0.1, 0.15) is 6.04 Å². The molecule has 2 rings (SSSR count). The van der Waals surface area contributed by atoms with Crippen LogP contribution in [0.25, 0.3) is 0 Å². The van der Waals surface area contributed by atoms with Crippen LogP contribution in [0.2, 0.25) is 0 Å². The van der Waals surface area contributed by atoms with Crippen LogP contribution >= 0.6 is 23.7 Å². The Labute approximate surface area is 157 Å². The molecule has 25 heavy (non-hydrogen) atoms. The van der Waals surface area contributed by atoms with Gasteiger partial charge in [-0.2, -0.15) is 0 Å². The first kappa shape index (κ1) is 21.4. The largest absolute Gasteiger partial charge is 0.480 e. The number of thiophene rings is 1. The average Bonchev–Trinajstić information content (AvgIpc) is 3.21. The number of nitrogens with one attached hydrogen (secondary N) is 1. The fourth-order valence-corrected chi connectivity index (χ4v) is 3.42. The molecule has 1 aromatic heterocycles. The first-order valence-electron chi connectivity index (χ1n) is 8.05. The van der Waals surface area contributed by atoms with Gasteiger partial charge in [-0.15, -0.1) is 23.7 Å². The van der Waals surface area contributed by atoms with Crippen LogP contribution < -0.4 is 5.32 Å². The highest BCUT2D eigenvalue weighted by atomic mass is 35.5. The van der Waals surface area contributed by atoms with E-state index < -0.39 is 12.0 Å². The van der Waals surface area contributed by atoms with Gasteiger partial charge in [0.25, 0.3) is 0 Å². The maximum atomic E-state index is 12.4. The zero-order chi connectivity index (χ0) is 17.5. The molecule has 1 aromatic rings. The van der Waals surface area contributed by atoms with Gasteiger partial charge in [0.2, 0.25) is 11.8 Å². The molecule has 0 radical (unpaired) electrons. The van der Waals surface area contributed by atoms with Crippen molar-refractivity contribution in [2.75, 3.05) is 26.2 Å². The van der Waals surface area contributed by atoms with Gasteiger partial charge in [0, 0.05) is 11.4 Å². The Morgan fingerprint density at radius 2 is 2.20 bits per heavy atom. The molecule has 1 aliphatic heterocycles. The highest BCUT2D eigenvalue weighted by Gasteiger charge is 2.32. The zero-order valence-corrected chi connectivity index (χ0v) is 15.8. The summed E-state index contributed by atoms with van der Waals surface area (Å²) in [5.74, 6) is -1.32. The van der Waals surface area contributed by atoms with Crippen molar-refractivity contribution in [2.45, 2.75) is 32.4 Å². The first-order valence-corrected chi connectivity index (χ1v) is 8.93. The van der Waals surface area contributed by atoms with Crippen LogP contribution in [0.5, 0.6) is 0 Å². The van der Waals surface area contributed by atoms with E-state index in [4.69, 9.17) is 5.11 Å². The molecule has 1 aliphatic rings. The summed E-state index contributed by atoms with van der Waals surface area (Å²) in [6.07, 6.45) is 1.34. The second kappa shape index (κ2) is 10.4. The van der Waals surface area contributed by atoms with Gasteiger partial charge in [-0.3, -0.25) is 19.3 Å². The molecule has 0 aliphatic carbocycles. The first-order chi connectivity index (χ1) is 11.5. The zero-order valence-electron chi connectivity index (χ0n) is 14.1. The molecule has 0 aromatic carbocycles. The minimum absolute atomic E-state index is 0. The molecule has 7 nitrogen and oxygen atoms in total. The van der Waals surface area contributed by atoms with Crippen LogP contribution in [-0.2, 0) is 20.9 Å². The number of hydrogen-bond acceptors (Lipinski definition) is 5. The second-order valence-electron chi connectivity index (χ2n) is 5.73. The second-order valence-corrected chi connectivity index (χ2v) is 6.76. The Kier molecular flexibility index (Phi) is 8.88. The summed E-state index contributed by atoms with van der Waals surface area (Å²) >= 11 is 1.56.